The van der Waals surface area contributed by atoms with Crippen LogP contribution >= 0.6 is 0 Å². The van der Waals surface area contributed by atoms with Crippen molar-refractivity contribution in [3.8, 4) is 11.8 Å². The number of aromatic nitrogens is 4. The number of ether oxygens (including phenoxy) is 2. The normalized spacial score (nSPS) is 21.0. The predicted octanol–water partition coefficient (Wildman–Crippen LogP) is 3.89. The van der Waals surface area contributed by atoms with E-state index < -0.39 is 6.61 Å². The van der Waals surface area contributed by atoms with Crippen LogP contribution in [0.15, 0.2) is 18.5 Å². The summed E-state index contributed by atoms with van der Waals surface area (Å²) in [4.78, 5) is 8.48. The number of alkyl halides is 2. The first-order valence-electron chi connectivity index (χ1n) is 8.36. The number of halogens is 2. The summed E-state index contributed by atoms with van der Waals surface area (Å²) in [6.45, 7) is -0.727. The van der Waals surface area contributed by atoms with Crippen molar-refractivity contribution in [1.82, 2.24) is 20.2 Å². The number of hydrogen-bond acceptors (Lipinski definition) is 6. The Morgan fingerprint density at radius 2 is 2.04 bits per heavy atom. The quantitative estimate of drug-likeness (QED) is 0.767. The van der Waals surface area contributed by atoms with Crippen molar-refractivity contribution in [3.63, 3.8) is 0 Å². The summed E-state index contributed by atoms with van der Waals surface area (Å²) in [6.07, 6.45) is 9.00. The number of nitrogens with one attached hydrogen (secondary N) is 2. The van der Waals surface area contributed by atoms with Crippen LogP contribution in [-0.4, -0.2) is 32.9 Å². The first-order valence-corrected chi connectivity index (χ1v) is 8.36. The van der Waals surface area contributed by atoms with Crippen molar-refractivity contribution >= 4 is 11.6 Å². The number of H-pyrrole nitrogens is 1. The topological polar surface area (TPSA) is 85.0 Å². The molecule has 1 aliphatic carbocycles. The Labute approximate surface area is 144 Å². The highest BCUT2D eigenvalue weighted by Crippen LogP contribution is 2.27. The maximum atomic E-state index is 12.2. The van der Waals surface area contributed by atoms with Crippen LogP contribution in [0.1, 0.15) is 39.0 Å². The van der Waals surface area contributed by atoms with Gasteiger partial charge in [0, 0.05) is 6.07 Å². The van der Waals surface area contributed by atoms with Crippen LogP contribution in [0.3, 0.4) is 0 Å². The lowest BCUT2D eigenvalue weighted by atomic mass is 10.00. The highest BCUT2D eigenvalue weighted by atomic mass is 19.3. The van der Waals surface area contributed by atoms with Gasteiger partial charge in [0.1, 0.15) is 11.9 Å². The molecule has 0 radical (unpaired) electrons. The van der Waals surface area contributed by atoms with Gasteiger partial charge in [-0.05, 0) is 25.2 Å². The zero-order chi connectivity index (χ0) is 17.6. The molecule has 2 atom stereocenters. The monoisotopic (exact) mass is 353 g/mol. The maximum Gasteiger partial charge on any atom is 0.388 e. The highest BCUT2D eigenvalue weighted by molar-refractivity contribution is 5.51. The van der Waals surface area contributed by atoms with Crippen LogP contribution in [0.5, 0.6) is 11.8 Å². The summed E-state index contributed by atoms with van der Waals surface area (Å²) in [5.74, 6) is 1.50. The lowest BCUT2D eigenvalue weighted by molar-refractivity contribution is -0.0528. The average Bonchev–Trinajstić information content (AvgIpc) is 2.89. The van der Waals surface area contributed by atoms with Crippen molar-refractivity contribution in [2.24, 2.45) is 5.92 Å². The molecule has 3 rings (SSSR count). The highest BCUT2D eigenvalue weighted by Gasteiger charge is 2.22. The standard InChI is InChI=1S/C16H21F2N5O2/c1-10-5-3-2-4-6-11(10)24-15-9-19-8-13(21-15)20-12-7-14(23-22-12)25-16(17)18/h7-11,16H,2-6H2,1H3,(H2,20,21,22,23)/t10-,11?/m0/s1. The number of rotatable bonds is 6. The minimum atomic E-state index is -2.92. The van der Waals surface area contributed by atoms with E-state index in [2.05, 4.69) is 37.1 Å². The minimum Gasteiger partial charge on any atom is -0.473 e. The fraction of sp³-hybridized carbons (Fsp3) is 0.562. The molecule has 1 saturated carbocycles. The van der Waals surface area contributed by atoms with Gasteiger partial charge in [-0.3, -0.25) is 10.1 Å². The van der Waals surface area contributed by atoms with Crippen LogP contribution < -0.4 is 14.8 Å². The molecule has 9 heteroatoms. The van der Waals surface area contributed by atoms with Gasteiger partial charge in [-0.25, -0.2) is 0 Å². The summed E-state index contributed by atoms with van der Waals surface area (Å²) in [7, 11) is 0. The second-order valence-electron chi connectivity index (χ2n) is 6.14. The molecule has 136 valence electrons. The first kappa shape index (κ1) is 17.4. The lowest BCUT2D eigenvalue weighted by Crippen LogP contribution is -2.24. The fourth-order valence-corrected chi connectivity index (χ4v) is 2.91. The van der Waals surface area contributed by atoms with Crippen molar-refractivity contribution in [2.45, 2.75) is 51.7 Å². The van der Waals surface area contributed by atoms with E-state index >= 15 is 0 Å². The van der Waals surface area contributed by atoms with Crippen molar-refractivity contribution in [1.29, 1.82) is 0 Å². The van der Waals surface area contributed by atoms with E-state index in [1.165, 1.54) is 25.1 Å². The smallest absolute Gasteiger partial charge is 0.388 e. The molecule has 25 heavy (non-hydrogen) atoms. The third kappa shape index (κ3) is 5.01. The summed E-state index contributed by atoms with van der Waals surface area (Å²) < 4.78 is 34.5. The second-order valence-corrected chi connectivity index (χ2v) is 6.14. The van der Waals surface area contributed by atoms with Gasteiger partial charge in [-0.2, -0.15) is 13.8 Å². The zero-order valence-electron chi connectivity index (χ0n) is 13.9. The molecule has 1 unspecified atom stereocenters. The first-order chi connectivity index (χ1) is 12.1. The summed E-state index contributed by atoms with van der Waals surface area (Å²) >= 11 is 0. The Hall–Kier alpha value is -2.45. The molecule has 0 bridgehead atoms. The van der Waals surface area contributed by atoms with Gasteiger partial charge in [0.25, 0.3) is 0 Å². The van der Waals surface area contributed by atoms with E-state index in [0.29, 0.717) is 23.4 Å². The van der Waals surface area contributed by atoms with Gasteiger partial charge in [0.05, 0.1) is 12.4 Å². The summed E-state index contributed by atoms with van der Waals surface area (Å²) in [5.41, 5.74) is 0. The van der Waals surface area contributed by atoms with Gasteiger partial charge < -0.3 is 14.8 Å². The molecule has 1 aliphatic rings. The van der Waals surface area contributed by atoms with Crippen molar-refractivity contribution < 1.29 is 18.3 Å². The van der Waals surface area contributed by atoms with Gasteiger partial charge in [0.15, 0.2) is 5.82 Å². The largest absolute Gasteiger partial charge is 0.473 e. The molecule has 2 N–H and O–H groups in total. The molecular weight excluding hydrogens is 332 g/mol. The fourth-order valence-electron chi connectivity index (χ4n) is 2.91. The summed E-state index contributed by atoms with van der Waals surface area (Å²) in [6, 6.07) is 1.31. The molecule has 2 aromatic heterocycles. The van der Waals surface area contributed by atoms with E-state index in [0.717, 1.165) is 19.3 Å². The predicted molar refractivity (Wildman–Crippen MR) is 87.2 cm³/mol. The number of anilines is 2. The number of nitrogens with zero attached hydrogens (tertiary/aromatic N) is 3. The van der Waals surface area contributed by atoms with Crippen LogP contribution in [0, 0.1) is 5.92 Å². The van der Waals surface area contributed by atoms with E-state index in [-0.39, 0.29) is 12.0 Å². The van der Waals surface area contributed by atoms with E-state index in [9.17, 15) is 8.78 Å². The maximum absolute atomic E-state index is 12.2. The Balaban J connectivity index is 1.63. The van der Waals surface area contributed by atoms with Gasteiger partial charge >= 0.3 is 6.61 Å². The van der Waals surface area contributed by atoms with Crippen LogP contribution in [0.25, 0.3) is 0 Å². The lowest BCUT2D eigenvalue weighted by Gasteiger charge is -2.22. The van der Waals surface area contributed by atoms with E-state index in [1.807, 2.05) is 0 Å². The molecule has 0 spiro atoms. The molecule has 7 nitrogen and oxygen atoms in total. The third-order valence-electron chi connectivity index (χ3n) is 4.19. The molecule has 0 amide bonds. The number of aromatic amines is 1. The Bertz CT molecular complexity index is 682. The molecular formula is C16H21F2N5O2. The average molecular weight is 353 g/mol. The molecule has 0 aliphatic heterocycles. The molecule has 2 heterocycles. The van der Waals surface area contributed by atoms with Crippen molar-refractivity contribution in [2.75, 3.05) is 5.32 Å². The molecule has 2 aromatic rings. The molecule has 0 aromatic carbocycles. The molecule has 0 saturated heterocycles. The van der Waals surface area contributed by atoms with Crippen LogP contribution in [0.4, 0.5) is 20.4 Å². The zero-order valence-corrected chi connectivity index (χ0v) is 13.9. The summed E-state index contributed by atoms with van der Waals surface area (Å²) in [5, 5.41) is 9.07. The Kier molecular flexibility index (Phi) is 5.62. The minimum absolute atomic E-state index is 0.130. The van der Waals surface area contributed by atoms with Gasteiger partial charge in [-0.1, -0.05) is 19.8 Å². The van der Waals surface area contributed by atoms with Gasteiger partial charge in [0.2, 0.25) is 11.8 Å². The van der Waals surface area contributed by atoms with Crippen molar-refractivity contribution in [3.05, 3.63) is 18.5 Å². The van der Waals surface area contributed by atoms with Gasteiger partial charge in [-0.15, -0.1) is 5.10 Å². The van der Waals surface area contributed by atoms with E-state index in [1.54, 1.807) is 6.20 Å². The second kappa shape index (κ2) is 8.09. The molecule has 1 fully saturated rings. The van der Waals surface area contributed by atoms with Crippen LogP contribution in [-0.2, 0) is 0 Å². The SMILES string of the molecule is C[C@H]1CCCCCC1Oc1cncc(Nc2cc(OC(F)F)n[nH]2)n1. The Morgan fingerprint density at radius 1 is 1.20 bits per heavy atom. The third-order valence-corrected chi connectivity index (χ3v) is 4.19. The van der Waals surface area contributed by atoms with Crippen LogP contribution in [0.2, 0.25) is 0 Å². The number of hydrogen-bond donors (Lipinski definition) is 2. The van der Waals surface area contributed by atoms with E-state index in [4.69, 9.17) is 4.74 Å². The Morgan fingerprint density at radius 3 is 2.88 bits per heavy atom.